The number of ether oxygens (including phenoxy) is 2. The summed E-state index contributed by atoms with van der Waals surface area (Å²) < 4.78 is 28.2. The van der Waals surface area contributed by atoms with Crippen LogP contribution < -0.4 is 9.47 Å². The maximum absolute atomic E-state index is 12.5. The highest BCUT2D eigenvalue weighted by molar-refractivity contribution is 7.95. The minimum atomic E-state index is -2.17. The van der Waals surface area contributed by atoms with E-state index in [0.717, 1.165) is 12.0 Å². The third-order valence-corrected chi connectivity index (χ3v) is 7.85. The number of rotatable bonds is 7. The van der Waals surface area contributed by atoms with Gasteiger partial charge >= 0.3 is 5.97 Å². The number of aliphatic carboxylic acids is 1. The molecular weight excluding hydrogens is 454 g/mol. The van der Waals surface area contributed by atoms with Crippen LogP contribution in [0.15, 0.2) is 41.0 Å². The normalized spacial score (nSPS) is 15.6. The molecule has 0 amide bonds. The van der Waals surface area contributed by atoms with Crippen molar-refractivity contribution in [2.45, 2.75) is 25.9 Å². The lowest BCUT2D eigenvalue weighted by Crippen LogP contribution is -2.23. The largest absolute Gasteiger partial charge is 0.496 e. The lowest BCUT2D eigenvalue weighted by Gasteiger charge is -2.18. The van der Waals surface area contributed by atoms with Gasteiger partial charge in [-0.25, -0.2) is 19.0 Å². The Labute approximate surface area is 190 Å². The maximum Gasteiger partial charge on any atom is 0.344 e. The van der Waals surface area contributed by atoms with Crippen molar-refractivity contribution < 1.29 is 23.6 Å². The monoisotopic (exact) mass is 475 g/mol. The van der Waals surface area contributed by atoms with Crippen LogP contribution in [0.5, 0.6) is 11.5 Å². The molecule has 0 aliphatic carbocycles. The van der Waals surface area contributed by atoms with Gasteiger partial charge in [-0.15, -0.1) is 0 Å². The number of carboxylic acids is 1. The first-order valence-corrected chi connectivity index (χ1v) is 12.2. The van der Waals surface area contributed by atoms with Crippen molar-refractivity contribution in [2.24, 2.45) is 4.36 Å². The van der Waals surface area contributed by atoms with Crippen LogP contribution in [-0.2, 0) is 20.9 Å². The third kappa shape index (κ3) is 4.63. The topological polar surface area (TPSA) is 111 Å². The van der Waals surface area contributed by atoms with Crippen LogP contribution in [0.25, 0.3) is 10.9 Å². The van der Waals surface area contributed by atoms with Gasteiger partial charge in [0, 0.05) is 34.6 Å². The number of nitrogens with zero attached hydrogens (tertiary/aromatic N) is 3. The first-order chi connectivity index (χ1) is 15.3. The Morgan fingerprint density at radius 2 is 2.03 bits per heavy atom. The molecule has 0 saturated carbocycles. The molecule has 3 aromatic rings. The van der Waals surface area contributed by atoms with Gasteiger partial charge in [0.1, 0.15) is 17.8 Å². The van der Waals surface area contributed by atoms with Crippen molar-refractivity contribution in [3.8, 4) is 11.5 Å². The Bertz CT molecular complexity index is 1310. The van der Waals surface area contributed by atoms with Crippen LogP contribution in [0.3, 0.4) is 0 Å². The summed E-state index contributed by atoms with van der Waals surface area (Å²) in [4.78, 5) is 20.0. The molecule has 8 nitrogen and oxygen atoms in total. The van der Waals surface area contributed by atoms with Gasteiger partial charge in [-0.2, -0.15) is 4.36 Å². The molecule has 168 valence electrons. The second-order valence-corrected chi connectivity index (χ2v) is 10.5. The molecule has 1 fully saturated rings. The molecule has 0 spiro atoms. The highest BCUT2D eigenvalue weighted by atomic mass is 35.5. The molecule has 4 rings (SSSR count). The summed E-state index contributed by atoms with van der Waals surface area (Å²) in [6, 6.07) is 8.59. The van der Waals surface area contributed by atoms with Gasteiger partial charge in [-0.3, -0.25) is 0 Å². The third-order valence-electron chi connectivity index (χ3n) is 5.22. The van der Waals surface area contributed by atoms with E-state index in [1.54, 1.807) is 37.4 Å². The summed E-state index contributed by atoms with van der Waals surface area (Å²) >= 11 is 6.11. The Morgan fingerprint density at radius 3 is 2.69 bits per heavy atom. The zero-order valence-corrected chi connectivity index (χ0v) is 19.2. The van der Waals surface area contributed by atoms with Crippen LogP contribution in [0.1, 0.15) is 24.6 Å². The van der Waals surface area contributed by atoms with Crippen LogP contribution in [0.4, 0.5) is 5.69 Å². The number of carboxylic acid groups (broad SMARTS) is 1. The molecular formula is C22H22ClN3O5S. The average Bonchev–Trinajstić information content (AvgIpc) is 2.73. The number of carbonyl (C=O) groups is 1. The van der Waals surface area contributed by atoms with E-state index in [-0.39, 0.29) is 0 Å². The van der Waals surface area contributed by atoms with E-state index >= 15 is 0 Å². The Kier molecular flexibility index (Phi) is 6.21. The maximum atomic E-state index is 12.5. The minimum Gasteiger partial charge on any atom is -0.496 e. The number of benzene rings is 2. The molecule has 32 heavy (non-hydrogen) atoms. The van der Waals surface area contributed by atoms with Crippen molar-refractivity contribution in [1.82, 2.24) is 9.97 Å². The fraction of sp³-hybridized carbons (Fsp3) is 0.318. The molecule has 1 aliphatic heterocycles. The molecule has 1 N–H and O–H groups in total. The molecule has 1 aliphatic rings. The Hall–Kier alpha value is -2.91. The van der Waals surface area contributed by atoms with Crippen molar-refractivity contribution in [2.75, 3.05) is 18.6 Å². The van der Waals surface area contributed by atoms with E-state index in [0.29, 0.717) is 56.7 Å². The summed E-state index contributed by atoms with van der Waals surface area (Å²) in [5.74, 6) is 1.03. The number of hydrogen-bond acceptors (Lipinski definition) is 7. The highest BCUT2D eigenvalue weighted by Gasteiger charge is 2.21. The van der Waals surface area contributed by atoms with Crippen LogP contribution in [0.2, 0.25) is 5.02 Å². The number of hydrogen-bond donors (Lipinski definition) is 1. The SMILES string of the molecule is COc1cc(N=S2(=O)CCC2)cc2ncnc(Cc3ccc(Cl)cc3O[C@H](C)C(=O)O)c12. The van der Waals surface area contributed by atoms with Gasteiger partial charge in [-0.05, 0) is 31.5 Å². The summed E-state index contributed by atoms with van der Waals surface area (Å²) in [5.41, 5.74) is 2.57. The summed E-state index contributed by atoms with van der Waals surface area (Å²) in [6.45, 7) is 1.45. The summed E-state index contributed by atoms with van der Waals surface area (Å²) in [6.07, 6.45) is 1.66. The smallest absolute Gasteiger partial charge is 0.344 e. The zero-order valence-electron chi connectivity index (χ0n) is 17.6. The van der Waals surface area contributed by atoms with E-state index in [1.165, 1.54) is 13.3 Å². The second kappa shape index (κ2) is 8.91. The molecule has 1 atom stereocenters. The fourth-order valence-corrected chi connectivity index (χ4v) is 5.05. The first-order valence-electron chi connectivity index (χ1n) is 10.00. The summed E-state index contributed by atoms with van der Waals surface area (Å²) in [7, 11) is -0.628. The molecule has 1 saturated heterocycles. The zero-order chi connectivity index (χ0) is 22.9. The lowest BCUT2D eigenvalue weighted by atomic mass is 10.0. The van der Waals surface area contributed by atoms with Crippen molar-refractivity contribution in [3.63, 3.8) is 0 Å². The van der Waals surface area contributed by atoms with E-state index in [2.05, 4.69) is 14.3 Å². The number of halogens is 1. The molecule has 10 heteroatoms. The van der Waals surface area contributed by atoms with Crippen LogP contribution in [-0.4, -0.2) is 50.0 Å². The lowest BCUT2D eigenvalue weighted by molar-refractivity contribution is -0.144. The fourth-order valence-electron chi connectivity index (χ4n) is 3.43. The quantitative estimate of drug-likeness (QED) is 0.544. The van der Waals surface area contributed by atoms with E-state index in [4.69, 9.17) is 21.1 Å². The van der Waals surface area contributed by atoms with Crippen LogP contribution in [0, 0.1) is 0 Å². The molecule has 0 unspecified atom stereocenters. The standard InChI is InChI=1S/C22H22ClN3O5S/c1-13(22(27)28)31-19-9-15(23)5-4-14(19)8-17-21-18(25-12-24-17)10-16(11-20(21)30-2)26-32(29)6-3-7-32/h4-5,9-13H,3,6-8H2,1-2H3,(H,27,28)/t13-/m1/s1. The van der Waals surface area contributed by atoms with E-state index in [1.807, 2.05) is 0 Å². The number of fused-ring (bicyclic) bond motifs is 1. The predicted molar refractivity (Wildman–Crippen MR) is 123 cm³/mol. The minimum absolute atomic E-state index is 0.335. The summed E-state index contributed by atoms with van der Waals surface area (Å²) in [5, 5.41) is 10.3. The number of aromatic nitrogens is 2. The highest BCUT2D eigenvalue weighted by Crippen LogP contribution is 2.35. The van der Waals surface area contributed by atoms with Gasteiger partial charge in [0.25, 0.3) is 0 Å². The average molecular weight is 476 g/mol. The molecule has 1 aromatic heterocycles. The second-order valence-electron chi connectivity index (χ2n) is 7.52. The van der Waals surface area contributed by atoms with Gasteiger partial charge in [0.2, 0.25) is 0 Å². The molecule has 0 radical (unpaired) electrons. The van der Waals surface area contributed by atoms with Gasteiger partial charge < -0.3 is 14.6 Å². The van der Waals surface area contributed by atoms with Crippen molar-refractivity contribution >= 4 is 43.9 Å². The van der Waals surface area contributed by atoms with Gasteiger partial charge in [0.15, 0.2) is 6.10 Å². The van der Waals surface area contributed by atoms with Crippen LogP contribution >= 0.6 is 11.6 Å². The van der Waals surface area contributed by atoms with Crippen molar-refractivity contribution in [1.29, 1.82) is 0 Å². The Balaban J connectivity index is 1.77. The number of methoxy groups -OCH3 is 1. The van der Waals surface area contributed by atoms with Gasteiger partial charge in [-0.1, -0.05) is 17.7 Å². The molecule has 2 heterocycles. The molecule has 0 bridgehead atoms. The van der Waals surface area contributed by atoms with Crippen molar-refractivity contribution in [3.05, 3.63) is 52.9 Å². The first kappa shape index (κ1) is 22.3. The predicted octanol–water partition coefficient (Wildman–Crippen LogP) is 4.24. The van der Waals surface area contributed by atoms with E-state index in [9.17, 15) is 14.1 Å². The van der Waals surface area contributed by atoms with E-state index < -0.39 is 21.8 Å². The Morgan fingerprint density at radius 1 is 1.25 bits per heavy atom. The van der Waals surface area contributed by atoms with Gasteiger partial charge in [0.05, 0.1) is 39.1 Å². The molecule has 2 aromatic carbocycles.